The van der Waals surface area contributed by atoms with Crippen LogP contribution in [0.25, 0.3) is 6.08 Å². The number of imidazole rings is 1. The number of benzene rings is 2. The van der Waals surface area contributed by atoms with Crippen LogP contribution in [0.4, 0.5) is 0 Å². The summed E-state index contributed by atoms with van der Waals surface area (Å²) in [5.41, 5.74) is 1.66. The Hall–Kier alpha value is -3.23. The van der Waals surface area contributed by atoms with Gasteiger partial charge in [-0.25, -0.2) is 18.1 Å². The molecular weight excluding hydrogens is 412 g/mol. The van der Waals surface area contributed by atoms with Crippen LogP contribution in [0.2, 0.25) is 0 Å². The van der Waals surface area contributed by atoms with E-state index in [1.54, 1.807) is 36.5 Å². The van der Waals surface area contributed by atoms with Crippen molar-refractivity contribution < 1.29 is 13.2 Å². The first-order valence-corrected chi connectivity index (χ1v) is 11.5. The van der Waals surface area contributed by atoms with Crippen LogP contribution in [-0.2, 0) is 21.9 Å². The molecule has 1 fully saturated rings. The summed E-state index contributed by atoms with van der Waals surface area (Å²) in [6.45, 7) is 0. The second kappa shape index (κ2) is 8.87. The summed E-state index contributed by atoms with van der Waals surface area (Å²) in [6.07, 6.45) is 8.39. The van der Waals surface area contributed by atoms with E-state index in [1.165, 1.54) is 6.08 Å². The molecule has 3 aromatic rings. The molecule has 1 atom stereocenters. The molecule has 1 heterocycles. The van der Waals surface area contributed by atoms with E-state index in [-0.39, 0.29) is 22.9 Å². The maximum absolute atomic E-state index is 12.6. The first-order valence-electron chi connectivity index (χ1n) is 10.1. The number of carbonyl (C=O) groups is 1. The summed E-state index contributed by atoms with van der Waals surface area (Å²) in [5.74, 6) is 0.453. The van der Waals surface area contributed by atoms with Crippen LogP contribution in [0.3, 0.4) is 0 Å². The Bertz CT molecular complexity index is 1180. The second-order valence-electron chi connectivity index (χ2n) is 7.55. The van der Waals surface area contributed by atoms with Crippen LogP contribution in [0.15, 0.2) is 78.0 Å². The lowest BCUT2D eigenvalue weighted by molar-refractivity contribution is -0.117. The highest BCUT2D eigenvalue weighted by Gasteiger charge is 2.27. The lowest BCUT2D eigenvalue weighted by atomic mass is 10.1. The van der Waals surface area contributed by atoms with Crippen molar-refractivity contribution in [1.29, 1.82) is 0 Å². The molecule has 31 heavy (non-hydrogen) atoms. The van der Waals surface area contributed by atoms with Crippen LogP contribution in [0.1, 0.15) is 35.8 Å². The van der Waals surface area contributed by atoms with Crippen molar-refractivity contribution in [3.63, 3.8) is 0 Å². The Labute approximate surface area is 181 Å². The van der Waals surface area contributed by atoms with E-state index in [0.29, 0.717) is 0 Å². The van der Waals surface area contributed by atoms with Crippen molar-refractivity contribution in [2.24, 2.45) is 7.05 Å². The van der Waals surface area contributed by atoms with E-state index in [0.717, 1.165) is 29.8 Å². The quantitative estimate of drug-likeness (QED) is 0.531. The zero-order chi connectivity index (χ0) is 21.8. The molecule has 0 spiro atoms. The fourth-order valence-corrected chi connectivity index (χ4v) is 4.51. The topological polar surface area (TPSA) is 93.1 Å². The SMILES string of the molecule is Cn1ccnc1C(NC(=O)/C=C/c1ccc(S(=O)(=O)NC2CC2)cc1)c1ccccc1. The summed E-state index contributed by atoms with van der Waals surface area (Å²) >= 11 is 0. The number of hydrogen-bond donors (Lipinski definition) is 2. The fourth-order valence-electron chi connectivity index (χ4n) is 3.21. The van der Waals surface area contributed by atoms with Crippen molar-refractivity contribution in [2.45, 2.75) is 29.8 Å². The van der Waals surface area contributed by atoms with Gasteiger partial charge < -0.3 is 9.88 Å². The summed E-state index contributed by atoms with van der Waals surface area (Å²) in [4.78, 5) is 17.2. The number of sulfonamides is 1. The normalized spacial score (nSPS) is 15.1. The van der Waals surface area contributed by atoms with Gasteiger partial charge in [0.05, 0.1) is 4.90 Å². The standard InChI is InChI=1S/C23H24N4O3S/c1-27-16-15-24-23(27)22(18-5-3-2-4-6-18)25-21(28)14-9-17-7-12-20(13-8-17)31(29,30)26-19-10-11-19/h2-9,12-16,19,22,26H,10-11H2,1H3,(H,25,28)/b14-9+. The van der Waals surface area contributed by atoms with Gasteiger partial charge in [-0.15, -0.1) is 0 Å². The monoisotopic (exact) mass is 436 g/mol. The Morgan fingerprint density at radius 1 is 1.13 bits per heavy atom. The van der Waals surface area contributed by atoms with Crippen molar-refractivity contribution in [3.8, 4) is 0 Å². The number of nitrogens with one attached hydrogen (secondary N) is 2. The van der Waals surface area contributed by atoms with Gasteiger partial charge in [0.2, 0.25) is 15.9 Å². The maximum atomic E-state index is 12.6. The number of aryl methyl sites for hydroxylation is 1. The Balaban J connectivity index is 1.46. The first kappa shape index (κ1) is 21.0. The first-order chi connectivity index (χ1) is 14.9. The second-order valence-corrected chi connectivity index (χ2v) is 9.26. The van der Waals surface area contributed by atoms with Crippen molar-refractivity contribution in [2.75, 3.05) is 0 Å². The number of rotatable bonds is 8. The number of carbonyl (C=O) groups excluding carboxylic acids is 1. The number of hydrogen-bond acceptors (Lipinski definition) is 4. The van der Waals surface area contributed by atoms with Gasteiger partial charge in [0, 0.05) is 31.6 Å². The Morgan fingerprint density at radius 3 is 2.45 bits per heavy atom. The van der Waals surface area contributed by atoms with Crippen molar-refractivity contribution >= 4 is 22.0 Å². The highest BCUT2D eigenvalue weighted by molar-refractivity contribution is 7.89. The predicted octanol–water partition coefficient (Wildman–Crippen LogP) is 2.78. The highest BCUT2D eigenvalue weighted by atomic mass is 32.2. The Kier molecular flexibility index (Phi) is 6.01. The van der Waals surface area contributed by atoms with Gasteiger partial charge >= 0.3 is 0 Å². The summed E-state index contributed by atoms with van der Waals surface area (Å²) in [5, 5.41) is 3.00. The molecule has 2 aromatic carbocycles. The molecule has 1 unspecified atom stereocenters. The van der Waals surface area contributed by atoms with E-state index in [1.807, 2.05) is 48.1 Å². The predicted molar refractivity (Wildman–Crippen MR) is 118 cm³/mol. The van der Waals surface area contributed by atoms with Gasteiger partial charge in [0.15, 0.2) is 0 Å². The number of amides is 1. The zero-order valence-corrected chi connectivity index (χ0v) is 17.9. The third-order valence-electron chi connectivity index (χ3n) is 5.05. The van der Waals surface area contributed by atoms with Crippen LogP contribution in [0, 0.1) is 0 Å². The number of nitrogens with zero attached hydrogens (tertiary/aromatic N) is 2. The lowest BCUT2D eigenvalue weighted by Gasteiger charge is -2.18. The molecule has 1 amide bonds. The van der Waals surface area contributed by atoms with Crippen molar-refractivity contribution in [3.05, 3.63) is 90.0 Å². The highest BCUT2D eigenvalue weighted by Crippen LogP contribution is 2.23. The minimum atomic E-state index is -3.48. The molecule has 7 nitrogen and oxygen atoms in total. The summed E-state index contributed by atoms with van der Waals surface area (Å²) in [7, 11) is -1.60. The summed E-state index contributed by atoms with van der Waals surface area (Å²) in [6, 6.07) is 15.8. The molecule has 8 heteroatoms. The molecule has 1 aromatic heterocycles. The summed E-state index contributed by atoms with van der Waals surface area (Å²) < 4.78 is 29.0. The van der Waals surface area contributed by atoms with E-state index >= 15 is 0 Å². The molecule has 1 aliphatic rings. The zero-order valence-electron chi connectivity index (χ0n) is 17.1. The smallest absolute Gasteiger partial charge is 0.244 e. The molecule has 0 bridgehead atoms. The van der Waals surface area contributed by atoms with Crippen molar-refractivity contribution in [1.82, 2.24) is 19.6 Å². The molecule has 1 saturated carbocycles. The minimum absolute atomic E-state index is 0.0598. The lowest BCUT2D eigenvalue weighted by Crippen LogP contribution is -2.29. The molecule has 0 saturated heterocycles. The van der Waals surface area contributed by atoms with E-state index in [9.17, 15) is 13.2 Å². The third-order valence-corrected chi connectivity index (χ3v) is 6.59. The molecule has 160 valence electrons. The molecule has 4 rings (SSSR count). The fraction of sp³-hybridized carbons (Fsp3) is 0.217. The largest absolute Gasteiger partial charge is 0.339 e. The maximum Gasteiger partial charge on any atom is 0.244 e. The Morgan fingerprint density at radius 2 is 1.84 bits per heavy atom. The van der Waals surface area contributed by atoms with Crippen LogP contribution in [0.5, 0.6) is 0 Å². The molecule has 2 N–H and O–H groups in total. The third kappa shape index (κ3) is 5.28. The minimum Gasteiger partial charge on any atom is -0.339 e. The van der Waals surface area contributed by atoms with Crippen LogP contribution >= 0.6 is 0 Å². The average molecular weight is 437 g/mol. The van der Waals surface area contributed by atoms with Gasteiger partial charge in [-0.3, -0.25) is 4.79 Å². The van der Waals surface area contributed by atoms with Crippen LogP contribution < -0.4 is 10.0 Å². The van der Waals surface area contributed by atoms with Crippen LogP contribution in [-0.4, -0.2) is 29.9 Å². The van der Waals surface area contributed by atoms with E-state index in [4.69, 9.17) is 0 Å². The van der Waals surface area contributed by atoms with Gasteiger partial charge in [0.25, 0.3) is 0 Å². The average Bonchev–Trinajstić information content (AvgIpc) is 3.48. The van der Waals surface area contributed by atoms with Gasteiger partial charge in [-0.1, -0.05) is 42.5 Å². The van der Waals surface area contributed by atoms with E-state index < -0.39 is 10.0 Å². The van der Waals surface area contributed by atoms with Gasteiger partial charge in [-0.05, 0) is 42.2 Å². The van der Waals surface area contributed by atoms with Gasteiger partial charge in [-0.2, -0.15) is 0 Å². The molecule has 1 aliphatic carbocycles. The number of aromatic nitrogens is 2. The molecular formula is C23H24N4O3S. The van der Waals surface area contributed by atoms with Gasteiger partial charge in [0.1, 0.15) is 11.9 Å². The van der Waals surface area contributed by atoms with E-state index in [2.05, 4.69) is 15.0 Å². The molecule has 0 radical (unpaired) electrons. The molecule has 0 aliphatic heterocycles.